The summed E-state index contributed by atoms with van der Waals surface area (Å²) >= 11 is 0. The molecule has 1 aliphatic rings. The number of piperidine rings is 1. The van der Waals surface area contributed by atoms with Crippen molar-refractivity contribution in [3.8, 4) is 11.1 Å². The molecule has 0 aliphatic carbocycles. The second kappa shape index (κ2) is 9.53. The lowest BCUT2D eigenvalue weighted by Crippen LogP contribution is -2.54. The number of halogens is 1. The fraction of sp³-hybridized carbons (Fsp3) is 0.296. The Morgan fingerprint density at radius 3 is 2.42 bits per heavy atom. The fourth-order valence-electron chi connectivity index (χ4n) is 4.71. The Hall–Kier alpha value is -3.54. The molecule has 1 aromatic heterocycles. The molecule has 5 nitrogen and oxygen atoms in total. The van der Waals surface area contributed by atoms with E-state index in [0.29, 0.717) is 37.2 Å². The van der Waals surface area contributed by atoms with Gasteiger partial charge in [-0.3, -0.25) is 14.6 Å². The van der Waals surface area contributed by atoms with E-state index in [0.717, 1.165) is 17.5 Å². The number of hydrogen-bond donors (Lipinski definition) is 0. The lowest BCUT2D eigenvalue weighted by atomic mass is 9.73. The molecule has 3 aromatic rings. The summed E-state index contributed by atoms with van der Waals surface area (Å²) < 4.78 is 14.2. The van der Waals surface area contributed by atoms with E-state index in [-0.39, 0.29) is 17.6 Å². The highest BCUT2D eigenvalue weighted by Gasteiger charge is 2.44. The Morgan fingerprint density at radius 2 is 1.76 bits per heavy atom. The predicted octanol–water partition coefficient (Wildman–Crippen LogP) is 4.44. The standard InChI is InChI=1S/C27H28FN3O2/c1-30(2)26(33)27(15-7-17-31(19-27)25(32)24-10-5-6-16-29-24)18-20-11-13-21(14-12-20)22-8-3-4-9-23(22)28/h3-6,8-14,16H,7,15,17-19H2,1-2H3/t27-/m0/s1. The SMILES string of the molecule is CN(C)C(=O)[C@]1(Cc2ccc(-c3ccccc3F)cc2)CCCN(C(=O)c2ccccn2)C1. The van der Waals surface area contributed by atoms with E-state index in [1.165, 1.54) is 6.07 Å². The summed E-state index contributed by atoms with van der Waals surface area (Å²) in [6, 6.07) is 19.6. The Bertz CT molecular complexity index is 1130. The van der Waals surface area contributed by atoms with Gasteiger partial charge >= 0.3 is 0 Å². The molecule has 0 saturated carbocycles. The molecule has 2 aromatic carbocycles. The van der Waals surface area contributed by atoms with Crippen LogP contribution in [0.2, 0.25) is 0 Å². The molecule has 170 valence electrons. The van der Waals surface area contributed by atoms with Crippen LogP contribution in [-0.4, -0.2) is 53.8 Å². The van der Waals surface area contributed by atoms with Crippen LogP contribution < -0.4 is 0 Å². The van der Waals surface area contributed by atoms with E-state index in [4.69, 9.17) is 0 Å². The van der Waals surface area contributed by atoms with Crippen LogP contribution in [0.15, 0.2) is 72.9 Å². The van der Waals surface area contributed by atoms with Gasteiger partial charge in [-0.15, -0.1) is 0 Å². The fourth-order valence-corrected chi connectivity index (χ4v) is 4.71. The van der Waals surface area contributed by atoms with Crippen LogP contribution in [0, 0.1) is 11.2 Å². The van der Waals surface area contributed by atoms with Gasteiger partial charge in [0, 0.05) is 38.9 Å². The van der Waals surface area contributed by atoms with Crippen molar-refractivity contribution < 1.29 is 14.0 Å². The normalized spacial score (nSPS) is 18.1. The second-order valence-electron chi connectivity index (χ2n) is 8.88. The van der Waals surface area contributed by atoms with Crippen molar-refractivity contribution >= 4 is 11.8 Å². The summed E-state index contributed by atoms with van der Waals surface area (Å²) in [5.41, 5.74) is 2.00. The third kappa shape index (κ3) is 4.80. The molecule has 1 saturated heterocycles. The Labute approximate surface area is 193 Å². The largest absolute Gasteiger partial charge is 0.348 e. The lowest BCUT2D eigenvalue weighted by Gasteiger charge is -2.43. The zero-order valence-electron chi connectivity index (χ0n) is 19.0. The summed E-state index contributed by atoms with van der Waals surface area (Å²) in [5, 5.41) is 0. The molecular formula is C27H28FN3O2. The van der Waals surface area contributed by atoms with Crippen molar-refractivity contribution in [3.05, 3.63) is 90.0 Å². The number of carbonyl (C=O) groups is 2. The van der Waals surface area contributed by atoms with Crippen molar-refractivity contribution in [1.82, 2.24) is 14.8 Å². The minimum Gasteiger partial charge on any atom is -0.348 e. The van der Waals surface area contributed by atoms with Crippen LogP contribution in [0.25, 0.3) is 11.1 Å². The molecule has 1 fully saturated rings. The van der Waals surface area contributed by atoms with Crippen LogP contribution >= 0.6 is 0 Å². The number of rotatable bonds is 5. The predicted molar refractivity (Wildman–Crippen MR) is 126 cm³/mol. The number of benzene rings is 2. The average molecular weight is 446 g/mol. The Kier molecular flexibility index (Phi) is 6.54. The quantitative estimate of drug-likeness (QED) is 0.583. The van der Waals surface area contributed by atoms with Gasteiger partial charge in [0.25, 0.3) is 5.91 Å². The van der Waals surface area contributed by atoms with Crippen LogP contribution in [-0.2, 0) is 11.2 Å². The average Bonchev–Trinajstić information content (AvgIpc) is 2.84. The molecule has 0 N–H and O–H groups in total. The van der Waals surface area contributed by atoms with E-state index in [1.54, 1.807) is 60.4 Å². The number of hydrogen-bond acceptors (Lipinski definition) is 3. The third-order valence-electron chi connectivity index (χ3n) is 6.29. The topological polar surface area (TPSA) is 53.5 Å². The summed E-state index contributed by atoms with van der Waals surface area (Å²) in [4.78, 5) is 34.0. The van der Waals surface area contributed by atoms with Gasteiger partial charge in [-0.25, -0.2) is 4.39 Å². The second-order valence-corrected chi connectivity index (χ2v) is 8.88. The molecule has 2 amide bonds. The lowest BCUT2D eigenvalue weighted by molar-refractivity contribution is -0.142. The van der Waals surface area contributed by atoms with E-state index in [9.17, 15) is 14.0 Å². The minimum absolute atomic E-state index is 0.0131. The smallest absolute Gasteiger partial charge is 0.272 e. The molecule has 4 rings (SSSR count). The van der Waals surface area contributed by atoms with Gasteiger partial charge in [0.15, 0.2) is 0 Å². The summed E-state index contributed by atoms with van der Waals surface area (Å²) in [6.07, 6.45) is 3.55. The van der Waals surface area contributed by atoms with Gasteiger partial charge in [-0.1, -0.05) is 48.5 Å². The van der Waals surface area contributed by atoms with Gasteiger partial charge in [0.1, 0.15) is 11.5 Å². The number of aromatic nitrogens is 1. The van der Waals surface area contributed by atoms with Crippen molar-refractivity contribution in [2.24, 2.45) is 5.41 Å². The van der Waals surface area contributed by atoms with E-state index in [2.05, 4.69) is 4.98 Å². The Balaban J connectivity index is 1.60. The monoisotopic (exact) mass is 445 g/mol. The van der Waals surface area contributed by atoms with Gasteiger partial charge in [-0.05, 0) is 48.6 Å². The highest BCUT2D eigenvalue weighted by Crippen LogP contribution is 2.36. The number of pyridine rings is 1. The summed E-state index contributed by atoms with van der Waals surface area (Å²) in [6.45, 7) is 0.943. The van der Waals surface area contributed by atoms with Gasteiger partial charge < -0.3 is 9.80 Å². The first-order valence-corrected chi connectivity index (χ1v) is 11.2. The van der Waals surface area contributed by atoms with Crippen molar-refractivity contribution in [1.29, 1.82) is 0 Å². The summed E-state index contributed by atoms with van der Waals surface area (Å²) in [7, 11) is 3.51. The molecule has 6 heteroatoms. The molecule has 0 spiro atoms. The van der Waals surface area contributed by atoms with Crippen LogP contribution in [0.4, 0.5) is 4.39 Å². The van der Waals surface area contributed by atoms with Crippen LogP contribution in [0.5, 0.6) is 0 Å². The zero-order valence-corrected chi connectivity index (χ0v) is 19.0. The molecule has 0 unspecified atom stereocenters. The maximum absolute atomic E-state index is 14.2. The zero-order chi connectivity index (χ0) is 23.4. The summed E-state index contributed by atoms with van der Waals surface area (Å²) in [5.74, 6) is -0.402. The molecule has 33 heavy (non-hydrogen) atoms. The van der Waals surface area contributed by atoms with Crippen molar-refractivity contribution in [2.75, 3.05) is 27.2 Å². The molecule has 0 radical (unpaired) electrons. The number of likely N-dealkylation sites (tertiary alicyclic amines) is 1. The first-order chi connectivity index (χ1) is 15.9. The maximum Gasteiger partial charge on any atom is 0.272 e. The van der Waals surface area contributed by atoms with Crippen LogP contribution in [0.1, 0.15) is 28.9 Å². The number of carbonyl (C=O) groups excluding carboxylic acids is 2. The van der Waals surface area contributed by atoms with Crippen molar-refractivity contribution in [3.63, 3.8) is 0 Å². The maximum atomic E-state index is 14.2. The first-order valence-electron chi connectivity index (χ1n) is 11.2. The molecular weight excluding hydrogens is 417 g/mol. The molecule has 2 heterocycles. The highest BCUT2D eigenvalue weighted by molar-refractivity contribution is 5.93. The Morgan fingerprint density at radius 1 is 1.03 bits per heavy atom. The first kappa shape index (κ1) is 22.6. The number of nitrogens with zero attached hydrogens (tertiary/aromatic N) is 3. The van der Waals surface area contributed by atoms with Crippen LogP contribution in [0.3, 0.4) is 0 Å². The molecule has 1 atom stereocenters. The third-order valence-corrected chi connectivity index (χ3v) is 6.29. The van der Waals surface area contributed by atoms with Gasteiger partial charge in [0.05, 0.1) is 5.41 Å². The molecule has 1 aliphatic heterocycles. The van der Waals surface area contributed by atoms with E-state index in [1.807, 2.05) is 30.3 Å². The highest BCUT2D eigenvalue weighted by atomic mass is 19.1. The molecule has 0 bridgehead atoms. The van der Waals surface area contributed by atoms with Crippen molar-refractivity contribution in [2.45, 2.75) is 19.3 Å². The van der Waals surface area contributed by atoms with E-state index < -0.39 is 5.41 Å². The minimum atomic E-state index is -0.717. The van der Waals surface area contributed by atoms with Gasteiger partial charge in [0.2, 0.25) is 5.91 Å². The van der Waals surface area contributed by atoms with Gasteiger partial charge in [-0.2, -0.15) is 0 Å². The van der Waals surface area contributed by atoms with E-state index >= 15 is 0 Å². The number of amides is 2.